The molecule has 0 saturated carbocycles. The maximum absolute atomic E-state index is 12.4. The minimum Gasteiger partial charge on any atom is -0.313 e. The van der Waals surface area contributed by atoms with Gasteiger partial charge in [-0.15, -0.1) is 0 Å². The Bertz CT molecular complexity index is 380. The largest absolute Gasteiger partial charge is 0.313 e. The fourth-order valence-corrected chi connectivity index (χ4v) is 3.45. The first-order valence-electron chi connectivity index (χ1n) is 7.30. The van der Waals surface area contributed by atoms with Crippen molar-refractivity contribution in [2.45, 2.75) is 57.4 Å². The first-order valence-corrected chi connectivity index (χ1v) is 8.62. The first-order chi connectivity index (χ1) is 9.08. The molecule has 1 aromatic rings. The van der Waals surface area contributed by atoms with Crippen molar-refractivity contribution in [1.29, 1.82) is 0 Å². The minimum absolute atomic E-state index is 0.362. The number of hydrogen-bond acceptors (Lipinski definition) is 2. The summed E-state index contributed by atoms with van der Waals surface area (Å²) in [6.45, 7) is 9.56. The van der Waals surface area contributed by atoms with Gasteiger partial charge in [-0.25, -0.2) is 0 Å². The zero-order valence-electron chi connectivity index (χ0n) is 12.6. The lowest BCUT2D eigenvalue weighted by Gasteiger charge is -2.16. The molecule has 0 saturated heterocycles. The van der Waals surface area contributed by atoms with Crippen molar-refractivity contribution < 1.29 is 4.21 Å². The van der Waals surface area contributed by atoms with Gasteiger partial charge in [0.05, 0.1) is 10.8 Å². The molecule has 2 nitrogen and oxygen atoms in total. The standard InChI is InChI=1S/C16H27NOS/c1-5-7-15(17-6-2)12-19(18)16-10-8-14(9-11-16)13(3)4/h8-11,13,15,17H,5-7,12H2,1-4H3. The van der Waals surface area contributed by atoms with Gasteiger partial charge in [0.15, 0.2) is 0 Å². The average Bonchev–Trinajstić information content (AvgIpc) is 2.39. The summed E-state index contributed by atoms with van der Waals surface area (Å²) in [5.41, 5.74) is 1.30. The van der Waals surface area contributed by atoms with Gasteiger partial charge in [0.2, 0.25) is 0 Å². The van der Waals surface area contributed by atoms with Crippen molar-refractivity contribution in [3.63, 3.8) is 0 Å². The van der Waals surface area contributed by atoms with Crippen LogP contribution in [0, 0.1) is 0 Å². The van der Waals surface area contributed by atoms with Crippen LogP contribution in [-0.2, 0) is 10.8 Å². The average molecular weight is 281 g/mol. The highest BCUT2D eigenvalue weighted by Gasteiger charge is 2.12. The SMILES string of the molecule is CCCC(CS(=O)c1ccc(C(C)C)cc1)NCC. The zero-order valence-corrected chi connectivity index (χ0v) is 13.4. The zero-order chi connectivity index (χ0) is 14.3. The third-order valence-electron chi connectivity index (χ3n) is 3.29. The number of nitrogens with one attached hydrogen (secondary N) is 1. The van der Waals surface area contributed by atoms with Gasteiger partial charge >= 0.3 is 0 Å². The van der Waals surface area contributed by atoms with E-state index in [1.807, 2.05) is 12.1 Å². The molecule has 1 rings (SSSR count). The lowest BCUT2D eigenvalue weighted by atomic mass is 10.0. The van der Waals surface area contributed by atoms with Gasteiger partial charge < -0.3 is 5.32 Å². The Morgan fingerprint density at radius 3 is 2.26 bits per heavy atom. The molecule has 0 heterocycles. The molecule has 0 aliphatic rings. The van der Waals surface area contributed by atoms with E-state index in [4.69, 9.17) is 0 Å². The monoisotopic (exact) mass is 281 g/mol. The van der Waals surface area contributed by atoms with Crippen LogP contribution in [0.25, 0.3) is 0 Å². The molecule has 0 bridgehead atoms. The third-order valence-corrected chi connectivity index (χ3v) is 4.80. The van der Waals surface area contributed by atoms with Crippen LogP contribution in [0.2, 0.25) is 0 Å². The van der Waals surface area contributed by atoms with Crippen LogP contribution in [0.1, 0.15) is 52.0 Å². The van der Waals surface area contributed by atoms with Crippen LogP contribution in [0.4, 0.5) is 0 Å². The van der Waals surface area contributed by atoms with Gasteiger partial charge in [-0.1, -0.05) is 46.2 Å². The summed E-state index contributed by atoms with van der Waals surface area (Å²) in [7, 11) is -0.900. The van der Waals surface area contributed by atoms with Gasteiger partial charge in [0.25, 0.3) is 0 Å². The second-order valence-corrected chi connectivity index (χ2v) is 6.77. The van der Waals surface area contributed by atoms with E-state index in [0.717, 1.165) is 24.3 Å². The van der Waals surface area contributed by atoms with Crippen LogP contribution in [-0.4, -0.2) is 22.5 Å². The molecule has 0 aliphatic carbocycles. The summed E-state index contributed by atoms with van der Waals surface area (Å²) in [6, 6.07) is 8.58. The molecule has 0 spiro atoms. The smallest absolute Gasteiger partial charge is 0.0545 e. The van der Waals surface area contributed by atoms with Crippen LogP contribution < -0.4 is 5.32 Å². The summed E-state index contributed by atoms with van der Waals surface area (Å²) in [5, 5.41) is 3.42. The predicted molar refractivity (Wildman–Crippen MR) is 84.2 cm³/mol. The van der Waals surface area contributed by atoms with Gasteiger partial charge in [0.1, 0.15) is 0 Å². The lowest BCUT2D eigenvalue weighted by molar-refractivity contribution is 0.525. The quantitative estimate of drug-likeness (QED) is 0.787. The maximum atomic E-state index is 12.4. The van der Waals surface area contributed by atoms with Crippen molar-refractivity contribution in [3.05, 3.63) is 29.8 Å². The summed E-state index contributed by atoms with van der Waals surface area (Å²) in [5.74, 6) is 1.24. The molecule has 2 atom stereocenters. The Labute approximate surface area is 120 Å². The fraction of sp³-hybridized carbons (Fsp3) is 0.625. The minimum atomic E-state index is -0.900. The van der Waals surface area contributed by atoms with E-state index in [1.165, 1.54) is 5.56 Å². The Morgan fingerprint density at radius 1 is 1.16 bits per heavy atom. The summed E-state index contributed by atoms with van der Waals surface area (Å²) in [6.07, 6.45) is 2.21. The molecule has 0 radical (unpaired) electrons. The van der Waals surface area contributed by atoms with Gasteiger partial charge in [-0.3, -0.25) is 4.21 Å². The van der Waals surface area contributed by atoms with E-state index in [1.54, 1.807) is 0 Å². The Balaban J connectivity index is 2.65. The number of rotatable bonds is 8. The molecule has 0 amide bonds. The second kappa shape index (κ2) is 8.49. The van der Waals surface area contributed by atoms with E-state index in [0.29, 0.717) is 17.7 Å². The molecule has 108 valence electrons. The molecule has 2 unspecified atom stereocenters. The lowest BCUT2D eigenvalue weighted by Crippen LogP contribution is -2.33. The maximum Gasteiger partial charge on any atom is 0.0545 e. The van der Waals surface area contributed by atoms with Crippen molar-refractivity contribution in [1.82, 2.24) is 5.32 Å². The predicted octanol–water partition coefficient (Wildman–Crippen LogP) is 3.70. The molecule has 0 fully saturated rings. The second-order valence-electron chi connectivity index (χ2n) is 5.28. The Morgan fingerprint density at radius 2 is 1.79 bits per heavy atom. The van der Waals surface area contributed by atoms with Crippen LogP contribution in [0.3, 0.4) is 0 Å². The van der Waals surface area contributed by atoms with E-state index < -0.39 is 10.8 Å². The van der Waals surface area contributed by atoms with E-state index >= 15 is 0 Å². The topological polar surface area (TPSA) is 29.1 Å². The summed E-state index contributed by atoms with van der Waals surface area (Å²) < 4.78 is 12.4. The molecule has 0 aliphatic heterocycles. The van der Waals surface area contributed by atoms with Crippen LogP contribution in [0.15, 0.2) is 29.2 Å². The molecular formula is C16H27NOS. The van der Waals surface area contributed by atoms with Crippen molar-refractivity contribution in [2.24, 2.45) is 0 Å². The number of hydrogen-bond donors (Lipinski definition) is 1. The molecule has 19 heavy (non-hydrogen) atoms. The van der Waals surface area contributed by atoms with E-state index in [2.05, 4.69) is 45.1 Å². The third kappa shape index (κ3) is 5.45. The fourth-order valence-electron chi connectivity index (χ4n) is 2.16. The van der Waals surface area contributed by atoms with E-state index in [9.17, 15) is 4.21 Å². The molecule has 3 heteroatoms. The van der Waals surface area contributed by atoms with Crippen LogP contribution in [0.5, 0.6) is 0 Å². The molecule has 0 aromatic heterocycles. The highest BCUT2D eigenvalue weighted by molar-refractivity contribution is 7.85. The van der Waals surface area contributed by atoms with Crippen LogP contribution >= 0.6 is 0 Å². The van der Waals surface area contributed by atoms with Gasteiger partial charge in [0, 0.05) is 16.7 Å². The van der Waals surface area contributed by atoms with Crippen molar-refractivity contribution in [3.8, 4) is 0 Å². The highest BCUT2D eigenvalue weighted by Crippen LogP contribution is 2.17. The Kier molecular flexibility index (Phi) is 7.32. The first kappa shape index (κ1) is 16.4. The highest BCUT2D eigenvalue weighted by atomic mass is 32.2. The van der Waals surface area contributed by atoms with Crippen molar-refractivity contribution >= 4 is 10.8 Å². The molecular weight excluding hydrogens is 254 g/mol. The summed E-state index contributed by atoms with van der Waals surface area (Å²) in [4.78, 5) is 0.948. The van der Waals surface area contributed by atoms with Gasteiger partial charge in [-0.2, -0.15) is 0 Å². The molecule has 1 aromatic carbocycles. The normalized spacial score (nSPS) is 14.6. The summed E-state index contributed by atoms with van der Waals surface area (Å²) >= 11 is 0. The van der Waals surface area contributed by atoms with Crippen molar-refractivity contribution in [2.75, 3.05) is 12.3 Å². The van der Waals surface area contributed by atoms with E-state index in [-0.39, 0.29) is 0 Å². The van der Waals surface area contributed by atoms with Gasteiger partial charge in [-0.05, 0) is 36.6 Å². The Hall–Kier alpha value is -0.670. The molecule has 1 N–H and O–H groups in total. The number of benzene rings is 1.